The number of amides is 2. The summed E-state index contributed by atoms with van der Waals surface area (Å²) in [5.41, 5.74) is 2.11. The van der Waals surface area contributed by atoms with E-state index in [0.717, 1.165) is 50.5 Å². The summed E-state index contributed by atoms with van der Waals surface area (Å²) in [7, 11) is 1.64. The molecule has 0 radical (unpaired) electrons. The molecule has 0 aliphatic carbocycles. The molecular formula is C23H31N4O4-. The van der Waals surface area contributed by atoms with Crippen molar-refractivity contribution in [2.45, 2.75) is 44.7 Å². The number of hydrogen-bond donors (Lipinski definition) is 2. The van der Waals surface area contributed by atoms with Gasteiger partial charge in [-0.15, -0.1) is 0 Å². The summed E-state index contributed by atoms with van der Waals surface area (Å²) in [5.74, 6) is -0.0615. The van der Waals surface area contributed by atoms with Gasteiger partial charge in [0, 0.05) is 50.3 Å². The zero-order valence-corrected chi connectivity index (χ0v) is 18.1. The summed E-state index contributed by atoms with van der Waals surface area (Å²) < 4.78 is 0. The summed E-state index contributed by atoms with van der Waals surface area (Å²) in [6.07, 6.45) is 4.20. The molecule has 0 bridgehead atoms. The minimum absolute atomic E-state index is 0.0241. The van der Waals surface area contributed by atoms with Gasteiger partial charge in [0.15, 0.2) is 0 Å². The molecule has 8 nitrogen and oxygen atoms in total. The van der Waals surface area contributed by atoms with Crippen LogP contribution in [0.15, 0.2) is 18.2 Å². The largest absolute Gasteiger partial charge is 0.550 e. The summed E-state index contributed by atoms with van der Waals surface area (Å²) in [4.78, 5) is 40.1. The first-order valence-corrected chi connectivity index (χ1v) is 11.3. The molecule has 1 atom stereocenters. The number of carboxylic acid groups (broad SMARTS) is 1. The summed E-state index contributed by atoms with van der Waals surface area (Å²) in [6.45, 7) is 4.11. The van der Waals surface area contributed by atoms with Gasteiger partial charge in [0.25, 0.3) is 5.91 Å². The van der Waals surface area contributed by atoms with Crippen LogP contribution in [0.2, 0.25) is 0 Å². The maximum atomic E-state index is 13.1. The van der Waals surface area contributed by atoms with Gasteiger partial charge in [-0.1, -0.05) is 0 Å². The quantitative estimate of drug-likeness (QED) is 0.722. The van der Waals surface area contributed by atoms with Crippen LogP contribution in [0.25, 0.3) is 0 Å². The zero-order valence-electron chi connectivity index (χ0n) is 18.1. The van der Waals surface area contributed by atoms with E-state index in [-0.39, 0.29) is 11.8 Å². The Bertz CT molecular complexity index is 844. The van der Waals surface area contributed by atoms with Crippen LogP contribution in [-0.2, 0) is 16.1 Å². The molecule has 2 saturated heterocycles. The third-order valence-electron chi connectivity index (χ3n) is 7.01. The van der Waals surface area contributed by atoms with Crippen molar-refractivity contribution in [1.29, 1.82) is 0 Å². The SMILES string of the molecule is CN1Cc2cc(C(=O)N3CCC(C4CCNCC4)CC3)ccc2N[C@@H](CC(=O)[O-])C1=O. The number of likely N-dealkylation sites (tertiary alicyclic amines) is 1. The number of anilines is 1. The first-order valence-electron chi connectivity index (χ1n) is 11.3. The fourth-order valence-corrected chi connectivity index (χ4v) is 5.22. The summed E-state index contributed by atoms with van der Waals surface area (Å²) >= 11 is 0. The average Bonchev–Trinajstić information content (AvgIpc) is 2.89. The van der Waals surface area contributed by atoms with Crippen molar-refractivity contribution < 1.29 is 19.5 Å². The van der Waals surface area contributed by atoms with E-state index in [9.17, 15) is 19.5 Å². The van der Waals surface area contributed by atoms with Gasteiger partial charge in [-0.25, -0.2) is 0 Å². The van der Waals surface area contributed by atoms with Crippen LogP contribution in [0.3, 0.4) is 0 Å². The van der Waals surface area contributed by atoms with Crippen molar-refractivity contribution >= 4 is 23.5 Å². The third-order valence-corrected chi connectivity index (χ3v) is 7.01. The Hall–Kier alpha value is -2.61. The van der Waals surface area contributed by atoms with E-state index < -0.39 is 18.4 Å². The topological polar surface area (TPSA) is 105 Å². The summed E-state index contributed by atoms with van der Waals surface area (Å²) in [5, 5.41) is 17.5. The lowest BCUT2D eigenvalue weighted by Crippen LogP contribution is -2.42. The van der Waals surface area contributed by atoms with Crippen LogP contribution in [0.4, 0.5) is 5.69 Å². The fourth-order valence-electron chi connectivity index (χ4n) is 5.22. The van der Waals surface area contributed by atoms with E-state index >= 15 is 0 Å². The molecule has 1 aromatic carbocycles. The smallest absolute Gasteiger partial charge is 0.253 e. The van der Waals surface area contributed by atoms with Gasteiger partial charge in [-0.3, -0.25) is 9.59 Å². The number of aliphatic carboxylic acids is 1. The van der Waals surface area contributed by atoms with Crippen LogP contribution in [0.1, 0.15) is 48.0 Å². The Kier molecular flexibility index (Phi) is 6.46. The molecule has 8 heteroatoms. The summed E-state index contributed by atoms with van der Waals surface area (Å²) in [6, 6.07) is 4.50. The maximum Gasteiger partial charge on any atom is 0.253 e. The highest BCUT2D eigenvalue weighted by molar-refractivity contribution is 5.96. The second-order valence-corrected chi connectivity index (χ2v) is 9.06. The molecule has 31 heavy (non-hydrogen) atoms. The first-order chi connectivity index (χ1) is 14.9. The van der Waals surface area contributed by atoms with E-state index in [2.05, 4.69) is 10.6 Å². The predicted molar refractivity (Wildman–Crippen MR) is 114 cm³/mol. The highest BCUT2D eigenvalue weighted by atomic mass is 16.4. The molecule has 0 aromatic heterocycles. The van der Waals surface area contributed by atoms with E-state index in [1.807, 2.05) is 11.0 Å². The molecule has 3 aliphatic heterocycles. The van der Waals surface area contributed by atoms with Crippen molar-refractivity contribution in [3.8, 4) is 0 Å². The lowest BCUT2D eigenvalue weighted by molar-refractivity contribution is -0.305. The standard InChI is InChI=1S/C23H32N4O4/c1-26-14-18-12-17(2-3-19(18)25-20(23(26)31)13-21(28)29)22(30)27-10-6-16(7-11-27)15-4-8-24-9-5-15/h2-3,12,15-16,20,24-25H,4-11,13-14H2,1H3,(H,28,29)/p-1/t20-/m0/s1. The van der Waals surface area contributed by atoms with Crippen LogP contribution in [0.5, 0.6) is 0 Å². The normalized spacial score (nSPS) is 23.1. The second kappa shape index (κ2) is 9.26. The van der Waals surface area contributed by atoms with Gasteiger partial charge in [-0.2, -0.15) is 0 Å². The average molecular weight is 428 g/mol. The minimum Gasteiger partial charge on any atom is -0.550 e. The van der Waals surface area contributed by atoms with Crippen molar-refractivity contribution in [3.63, 3.8) is 0 Å². The number of carboxylic acids is 1. The van der Waals surface area contributed by atoms with Crippen LogP contribution in [0, 0.1) is 11.8 Å². The van der Waals surface area contributed by atoms with Gasteiger partial charge in [0.1, 0.15) is 6.04 Å². The Morgan fingerprint density at radius 1 is 1.10 bits per heavy atom. The number of likely N-dealkylation sites (N-methyl/N-ethyl adjacent to an activating group) is 1. The molecule has 3 heterocycles. The molecule has 168 valence electrons. The van der Waals surface area contributed by atoms with Crippen molar-refractivity contribution in [2.75, 3.05) is 38.5 Å². The van der Waals surface area contributed by atoms with E-state index in [1.54, 1.807) is 19.2 Å². The van der Waals surface area contributed by atoms with Crippen LogP contribution in [-0.4, -0.2) is 66.9 Å². The number of benzene rings is 1. The van der Waals surface area contributed by atoms with Gasteiger partial charge in [0.2, 0.25) is 5.91 Å². The van der Waals surface area contributed by atoms with Crippen molar-refractivity contribution in [1.82, 2.24) is 15.1 Å². The maximum absolute atomic E-state index is 13.1. The number of piperidine rings is 2. The van der Waals surface area contributed by atoms with Crippen LogP contribution >= 0.6 is 0 Å². The minimum atomic E-state index is -1.28. The number of carbonyl (C=O) groups excluding carboxylic acids is 3. The Balaban J connectivity index is 1.43. The highest BCUT2D eigenvalue weighted by Crippen LogP contribution is 2.32. The monoisotopic (exact) mass is 427 g/mol. The van der Waals surface area contributed by atoms with Gasteiger partial charge < -0.3 is 30.3 Å². The van der Waals surface area contributed by atoms with Crippen molar-refractivity contribution in [2.24, 2.45) is 11.8 Å². The number of rotatable bonds is 4. The van der Waals surface area contributed by atoms with Crippen molar-refractivity contribution in [3.05, 3.63) is 29.3 Å². The first kappa shape index (κ1) is 21.6. The van der Waals surface area contributed by atoms with Crippen LogP contribution < -0.4 is 15.7 Å². The number of fused-ring (bicyclic) bond motifs is 1. The lowest BCUT2D eigenvalue weighted by Gasteiger charge is -2.38. The molecular weight excluding hydrogens is 396 g/mol. The highest BCUT2D eigenvalue weighted by Gasteiger charge is 2.31. The molecule has 1 aromatic rings. The third kappa shape index (κ3) is 4.84. The Morgan fingerprint density at radius 2 is 1.77 bits per heavy atom. The van der Waals surface area contributed by atoms with E-state index in [0.29, 0.717) is 23.7 Å². The second-order valence-electron chi connectivity index (χ2n) is 9.06. The fraction of sp³-hybridized carbons (Fsp3) is 0.609. The number of nitrogens with zero attached hydrogens (tertiary/aromatic N) is 2. The van der Waals surface area contributed by atoms with E-state index in [4.69, 9.17) is 0 Å². The molecule has 2 N–H and O–H groups in total. The van der Waals surface area contributed by atoms with E-state index in [1.165, 1.54) is 17.7 Å². The number of nitrogens with one attached hydrogen (secondary N) is 2. The molecule has 0 saturated carbocycles. The lowest BCUT2D eigenvalue weighted by atomic mass is 9.79. The van der Waals surface area contributed by atoms with Gasteiger partial charge in [-0.05, 0) is 74.4 Å². The number of hydrogen-bond acceptors (Lipinski definition) is 6. The Labute approximate surface area is 183 Å². The molecule has 0 unspecified atom stereocenters. The Morgan fingerprint density at radius 3 is 2.45 bits per heavy atom. The molecule has 4 rings (SSSR count). The number of carbonyl (C=O) groups is 3. The molecule has 0 spiro atoms. The van der Waals surface area contributed by atoms with Gasteiger partial charge in [0.05, 0.1) is 0 Å². The molecule has 3 aliphatic rings. The molecule has 2 fully saturated rings. The zero-order chi connectivity index (χ0) is 22.0. The van der Waals surface area contributed by atoms with Gasteiger partial charge >= 0.3 is 0 Å². The molecule has 2 amide bonds. The predicted octanol–water partition coefficient (Wildman–Crippen LogP) is 0.431.